The summed E-state index contributed by atoms with van der Waals surface area (Å²) in [4.78, 5) is 0. The summed E-state index contributed by atoms with van der Waals surface area (Å²) in [5.41, 5.74) is 5.75. The van der Waals surface area contributed by atoms with E-state index in [1.165, 1.54) is 22.3 Å². The van der Waals surface area contributed by atoms with Gasteiger partial charge in [0.15, 0.2) is 0 Å². The van der Waals surface area contributed by atoms with Gasteiger partial charge in [-0.3, -0.25) is 0 Å². The second-order valence-electron chi connectivity index (χ2n) is 3.49. The number of halogens is 1. The third-order valence-corrected chi connectivity index (χ3v) is 2.71. The predicted octanol–water partition coefficient (Wildman–Crippen LogP) is 4.00. The first-order chi connectivity index (χ1) is 6.45. The van der Waals surface area contributed by atoms with Gasteiger partial charge in [-0.1, -0.05) is 48.5 Å². The Morgan fingerprint density at radius 1 is 0.667 bits per heavy atom. The van der Waals surface area contributed by atoms with Gasteiger partial charge in [0.1, 0.15) is 0 Å². The molecule has 2 aromatic rings. The molecule has 1 nitrogen and oxygen atoms in total. The largest absolute Gasteiger partial charge is 0.344 e. The van der Waals surface area contributed by atoms with Crippen LogP contribution in [-0.2, 0) is 6.42 Å². The first-order valence-corrected chi connectivity index (χ1v) is 4.61. The molecule has 2 aromatic carbocycles. The van der Waals surface area contributed by atoms with Gasteiger partial charge in [-0.15, -0.1) is 17.0 Å². The average molecular weight is 264 g/mol. The van der Waals surface area contributed by atoms with Crippen LogP contribution in [-0.4, -0.2) is 0 Å². The van der Waals surface area contributed by atoms with Crippen molar-refractivity contribution in [2.45, 2.75) is 6.42 Å². The minimum atomic E-state index is 0. The molecule has 0 amide bonds. The fourth-order valence-electron chi connectivity index (χ4n) is 2.08. The first-order valence-electron chi connectivity index (χ1n) is 4.61. The van der Waals surface area contributed by atoms with Crippen molar-refractivity contribution < 1.29 is 0 Å². The summed E-state index contributed by atoms with van der Waals surface area (Å²) in [6.07, 6.45) is 1.10. The molecule has 3 N–H and O–H groups in total. The molecule has 3 rings (SSSR count). The van der Waals surface area contributed by atoms with Crippen LogP contribution >= 0.6 is 17.0 Å². The van der Waals surface area contributed by atoms with E-state index in [0.717, 1.165) is 6.42 Å². The van der Waals surface area contributed by atoms with E-state index in [9.17, 15) is 0 Å². The van der Waals surface area contributed by atoms with Gasteiger partial charge < -0.3 is 6.15 Å². The molecule has 0 bridgehead atoms. The number of hydrogen-bond acceptors (Lipinski definition) is 1. The second kappa shape index (κ2) is 4.60. The highest BCUT2D eigenvalue weighted by molar-refractivity contribution is 8.93. The molecule has 78 valence electrons. The maximum Gasteiger partial charge on any atom is -0.00135 e. The minimum Gasteiger partial charge on any atom is -0.344 e. The molecule has 0 aliphatic heterocycles. The van der Waals surface area contributed by atoms with Crippen molar-refractivity contribution in [2.24, 2.45) is 0 Å². The van der Waals surface area contributed by atoms with Gasteiger partial charge in [-0.25, -0.2) is 0 Å². The Labute approximate surface area is 100 Å². The SMILES string of the molecule is Br.N.c1ccc2c(c1)Cc1ccccc1-2. The van der Waals surface area contributed by atoms with Crippen molar-refractivity contribution in [3.63, 3.8) is 0 Å². The Kier molecular flexibility index (Phi) is 3.66. The number of benzene rings is 2. The molecule has 0 aromatic heterocycles. The maximum absolute atomic E-state index is 2.22. The molecule has 0 atom stereocenters. The van der Waals surface area contributed by atoms with E-state index in [1.54, 1.807) is 0 Å². The third kappa shape index (κ3) is 1.83. The summed E-state index contributed by atoms with van der Waals surface area (Å²) in [5.74, 6) is 0. The molecule has 0 saturated heterocycles. The average Bonchev–Trinajstić information content (AvgIpc) is 2.56. The highest BCUT2D eigenvalue weighted by atomic mass is 79.9. The van der Waals surface area contributed by atoms with Crippen LogP contribution in [0.3, 0.4) is 0 Å². The lowest BCUT2D eigenvalue weighted by atomic mass is 10.1. The van der Waals surface area contributed by atoms with Gasteiger partial charge in [0.05, 0.1) is 0 Å². The second-order valence-corrected chi connectivity index (χ2v) is 3.49. The summed E-state index contributed by atoms with van der Waals surface area (Å²) in [6.45, 7) is 0. The molecule has 1 aliphatic carbocycles. The number of fused-ring (bicyclic) bond motifs is 3. The topological polar surface area (TPSA) is 35.0 Å². The zero-order valence-corrected chi connectivity index (χ0v) is 10.2. The van der Waals surface area contributed by atoms with E-state index in [-0.39, 0.29) is 23.1 Å². The quantitative estimate of drug-likeness (QED) is 0.654. The molecule has 0 radical (unpaired) electrons. The van der Waals surface area contributed by atoms with Crippen molar-refractivity contribution in [2.75, 3.05) is 0 Å². The molecule has 1 aliphatic rings. The molecular weight excluding hydrogens is 250 g/mol. The highest BCUT2D eigenvalue weighted by Crippen LogP contribution is 2.35. The van der Waals surface area contributed by atoms with Gasteiger partial charge in [-0.2, -0.15) is 0 Å². The lowest BCUT2D eigenvalue weighted by Gasteiger charge is -1.98. The Morgan fingerprint density at radius 3 is 1.53 bits per heavy atom. The van der Waals surface area contributed by atoms with Crippen LogP contribution in [0.15, 0.2) is 48.5 Å². The summed E-state index contributed by atoms with van der Waals surface area (Å²) in [5, 5.41) is 0. The van der Waals surface area contributed by atoms with E-state index in [2.05, 4.69) is 48.5 Å². The molecule has 0 unspecified atom stereocenters. The van der Waals surface area contributed by atoms with E-state index < -0.39 is 0 Å². The van der Waals surface area contributed by atoms with Gasteiger partial charge in [0, 0.05) is 0 Å². The monoisotopic (exact) mass is 263 g/mol. The number of hydrogen-bond donors (Lipinski definition) is 1. The van der Waals surface area contributed by atoms with E-state index in [1.807, 2.05) is 0 Å². The van der Waals surface area contributed by atoms with Crippen LogP contribution in [0.2, 0.25) is 0 Å². The molecule has 2 heteroatoms. The van der Waals surface area contributed by atoms with Gasteiger partial charge >= 0.3 is 0 Å². The van der Waals surface area contributed by atoms with Crippen molar-refractivity contribution in [1.29, 1.82) is 0 Å². The van der Waals surface area contributed by atoms with E-state index in [4.69, 9.17) is 0 Å². The molecule has 0 fully saturated rings. The fourth-order valence-corrected chi connectivity index (χ4v) is 2.08. The zero-order valence-electron chi connectivity index (χ0n) is 8.44. The van der Waals surface area contributed by atoms with Crippen molar-refractivity contribution in [3.8, 4) is 11.1 Å². The normalized spacial score (nSPS) is 10.7. The summed E-state index contributed by atoms with van der Waals surface area (Å²) in [6, 6.07) is 17.3. The standard InChI is InChI=1S/C13H10.BrH.H3N/c1-3-7-12-10(5-1)9-11-6-2-4-8-13(11)12;;/h1-8H,9H2;1H;1H3. The first kappa shape index (κ1) is 12.0. The van der Waals surface area contributed by atoms with Crippen molar-refractivity contribution in [3.05, 3.63) is 59.7 Å². The third-order valence-electron chi connectivity index (χ3n) is 2.71. The van der Waals surface area contributed by atoms with E-state index >= 15 is 0 Å². The molecular formula is C13H14BrN. The van der Waals surface area contributed by atoms with Crippen molar-refractivity contribution >= 4 is 17.0 Å². The highest BCUT2D eigenvalue weighted by Gasteiger charge is 2.15. The summed E-state index contributed by atoms with van der Waals surface area (Å²) >= 11 is 0. The van der Waals surface area contributed by atoms with Crippen LogP contribution in [0.1, 0.15) is 11.1 Å². The van der Waals surface area contributed by atoms with Gasteiger partial charge in [-0.05, 0) is 28.7 Å². The Morgan fingerprint density at radius 2 is 1.07 bits per heavy atom. The van der Waals surface area contributed by atoms with Crippen LogP contribution in [0.4, 0.5) is 0 Å². The number of rotatable bonds is 0. The smallest absolute Gasteiger partial charge is 0.00135 e. The van der Waals surface area contributed by atoms with Crippen LogP contribution in [0.25, 0.3) is 11.1 Å². The zero-order chi connectivity index (χ0) is 8.67. The molecule has 0 saturated carbocycles. The van der Waals surface area contributed by atoms with Crippen molar-refractivity contribution in [1.82, 2.24) is 6.15 Å². The maximum atomic E-state index is 2.22. The fraction of sp³-hybridized carbons (Fsp3) is 0.0769. The summed E-state index contributed by atoms with van der Waals surface area (Å²) < 4.78 is 0. The van der Waals surface area contributed by atoms with Crippen LogP contribution in [0, 0.1) is 0 Å². The summed E-state index contributed by atoms with van der Waals surface area (Å²) in [7, 11) is 0. The molecule has 0 heterocycles. The van der Waals surface area contributed by atoms with Crippen LogP contribution < -0.4 is 6.15 Å². The Balaban J connectivity index is 0.000000562. The Hall–Kier alpha value is -1.12. The van der Waals surface area contributed by atoms with Gasteiger partial charge in [0.25, 0.3) is 0 Å². The van der Waals surface area contributed by atoms with Crippen LogP contribution in [0.5, 0.6) is 0 Å². The molecule has 0 spiro atoms. The lowest BCUT2D eigenvalue weighted by molar-refractivity contribution is 1.26. The Bertz CT molecular complexity index is 422. The van der Waals surface area contributed by atoms with E-state index in [0.29, 0.717) is 0 Å². The lowest BCUT2D eigenvalue weighted by Crippen LogP contribution is -1.77. The molecule has 15 heavy (non-hydrogen) atoms. The predicted molar refractivity (Wildman–Crippen MR) is 70.0 cm³/mol. The van der Waals surface area contributed by atoms with Gasteiger partial charge in [0.2, 0.25) is 0 Å². The minimum absolute atomic E-state index is 0.